The maximum absolute atomic E-state index is 12.0. The second-order valence-electron chi connectivity index (χ2n) is 6.07. The molecule has 5 nitrogen and oxygen atoms in total. The van der Waals surface area contributed by atoms with E-state index in [1.807, 2.05) is 31.2 Å². The molecule has 0 saturated carbocycles. The third kappa shape index (κ3) is 6.93. The van der Waals surface area contributed by atoms with E-state index in [0.717, 1.165) is 23.8 Å². The zero-order valence-electron chi connectivity index (χ0n) is 13.7. The fourth-order valence-corrected chi connectivity index (χ4v) is 2.74. The summed E-state index contributed by atoms with van der Waals surface area (Å²) in [5.74, 6) is 0.375. The molecule has 0 fully saturated rings. The Balaban J connectivity index is 2.70. The van der Waals surface area contributed by atoms with Crippen molar-refractivity contribution in [2.75, 3.05) is 18.6 Å². The minimum atomic E-state index is -3.07. The first-order chi connectivity index (χ1) is 10.2. The van der Waals surface area contributed by atoms with Gasteiger partial charge in [-0.1, -0.05) is 38.1 Å². The van der Waals surface area contributed by atoms with Gasteiger partial charge in [0.05, 0.1) is 11.8 Å². The van der Waals surface area contributed by atoms with E-state index in [4.69, 9.17) is 0 Å². The van der Waals surface area contributed by atoms with Crippen LogP contribution in [0, 0.1) is 12.8 Å². The minimum absolute atomic E-state index is 0.0559. The normalized spacial score (nSPS) is 13.0. The molecule has 124 valence electrons. The molecule has 0 aromatic heterocycles. The summed E-state index contributed by atoms with van der Waals surface area (Å²) in [7, 11) is -3.07. The van der Waals surface area contributed by atoms with Crippen molar-refractivity contribution in [3.63, 3.8) is 0 Å². The number of sulfone groups is 1. The van der Waals surface area contributed by atoms with E-state index in [1.165, 1.54) is 0 Å². The molecule has 0 radical (unpaired) electrons. The van der Waals surface area contributed by atoms with E-state index in [-0.39, 0.29) is 24.4 Å². The first-order valence-corrected chi connectivity index (χ1v) is 9.52. The number of hydrogen-bond acceptors (Lipinski definition) is 3. The van der Waals surface area contributed by atoms with E-state index in [1.54, 1.807) is 0 Å². The zero-order chi connectivity index (χ0) is 16.8. The number of aryl methyl sites for hydroxylation is 1. The van der Waals surface area contributed by atoms with Crippen molar-refractivity contribution in [2.45, 2.75) is 33.2 Å². The Morgan fingerprint density at radius 2 is 1.86 bits per heavy atom. The standard InChI is InChI=1S/C16H26N2O3S/c1-12(2)11-15(14-8-6-5-7-13(14)3)18-16(19)17-9-10-22(4,20)21/h5-8,12,15H,9-11H2,1-4H3,(H2,17,18,19). The number of urea groups is 1. The predicted octanol–water partition coefficient (Wildman–Crippen LogP) is 2.43. The van der Waals surface area contributed by atoms with Crippen LogP contribution in [-0.2, 0) is 9.84 Å². The lowest BCUT2D eigenvalue weighted by atomic mass is 9.94. The van der Waals surface area contributed by atoms with Gasteiger partial charge in [-0.2, -0.15) is 0 Å². The second-order valence-corrected chi connectivity index (χ2v) is 8.33. The van der Waals surface area contributed by atoms with Crippen LogP contribution in [0.1, 0.15) is 37.4 Å². The topological polar surface area (TPSA) is 75.3 Å². The lowest BCUT2D eigenvalue weighted by Gasteiger charge is -2.23. The van der Waals surface area contributed by atoms with E-state index < -0.39 is 9.84 Å². The highest BCUT2D eigenvalue weighted by molar-refractivity contribution is 7.90. The van der Waals surface area contributed by atoms with Gasteiger partial charge in [0.25, 0.3) is 0 Å². The Kier molecular flexibility index (Phi) is 6.87. The highest BCUT2D eigenvalue weighted by Gasteiger charge is 2.17. The molecule has 0 aliphatic rings. The smallest absolute Gasteiger partial charge is 0.315 e. The van der Waals surface area contributed by atoms with Crippen molar-refractivity contribution in [1.29, 1.82) is 0 Å². The molecule has 0 spiro atoms. The molecule has 0 heterocycles. The first kappa shape index (κ1) is 18.5. The Bertz CT molecular complexity index is 597. The second kappa shape index (κ2) is 8.17. The Morgan fingerprint density at radius 1 is 1.23 bits per heavy atom. The number of hydrogen-bond donors (Lipinski definition) is 2. The number of rotatable bonds is 7. The fraction of sp³-hybridized carbons (Fsp3) is 0.562. The van der Waals surface area contributed by atoms with Crippen LogP contribution in [0.5, 0.6) is 0 Å². The SMILES string of the molecule is Cc1ccccc1C(CC(C)C)NC(=O)NCCS(C)(=O)=O. The molecule has 22 heavy (non-hydrogen) atoms. The molecule has 0 bridgehead atoms. The first-order valence-electron chi connectivity index (χ1n) is 7.46. The van der Waals surface area contributed by atoms with Crippen LogP contribution in [-0.4, -0.2) is 33.0 Å². The summed E-state index contributed by atoms with van der Waals surface area (Å²) in [4.78, 5) is 12.0. The van der Waals surface area contributed by atoms with Gasteiger partial charge in [0.15, 0.2) is 0 Å². The van der Waals surface area contributed by atoms with Gasteiger partial charge in [0.1, 0.15) is 9.84 Å². The molecule has 0 aliphatic carbocycles. The van der Waals surface area contributed by atoms with Gasteiger partial charge in [0, 0.05) is 12.8 Å². The van der Waals surface area contributed by atoms with E-state index in [2.05, 4.69) is 24.5 Å². The van der Waals surface area contributed by atoms with Crippen LogP contribution in [0.25, 0.3) is 0 Å². The van der Waals surface area contributed by atoms with Gasteiger partial charge in [0.2, 0.25) is 0 Å². The molecule has 0 aliphatic heterocycles. The Morgan fingerprint density at radius 3 is 2.41 bits per heavy atom. The molecule has 1 aromatic carbocycles. The monoisotopic (exact) mass is 326 g/mol. The predicted molar refractivity (Wildman–Crippen MR) is 89.6 cm³/mol. The van der Waals surface area contributed by atoms with Gasteiger partial charge in [-0.15, -0.1) is 0 Å². The minimum Gasteiger partial charge on any atom is -0.337 e. The van der Waals surface area contributed by atoms with Gasteiger partial charge in [-0.25, -0.2) is 13.2 Å². The van der Waals surface area contributed by atoms with Crippen LogP contribution < -0.4 is 10.6 Å². The van der Waals surface area contributed by atoms with Gasteiger partial charge < -0.3 is 10.6 Å². The van der Waals surface area contributed by atoms with Crippen molar-refractivity contribution in [3.8, 4) is 0 Å². The van der Waals surface area contributed by atoms with Crippen LogP contribution in [0.3, 0.4) is 0 Å². The summed E-state index contributed by atoms with van der Waals surface area (Å²) >= 11 is 0. The summed E-state index contributed by atoms with van der Waals surface area (Å²) in [6.45, 7) is 6.35. The number of nitrogens with one attached hydrogen (secondary N) is 2. The zero-order valence-corrected chi connectivity index (χ0v) is 14.5. The van der Waals surface area contributed by atoms with Gasteiger partial charge in [-0.3, -0.25) is 0 Å². The number of carbonyl (C=O) groups excluding carboxylic acids is 1. The van der Waals surface area contributed by atoms with Gasteiger partial charge in [-0.05, 0) is 30.4 Å². The lowest BCUT2D eigenvalue weighted by molar-refractivity contribution is 0.235. The summed E-state index contributed by atoms with van der Waals surface area (Å²) in [6.07, 6.45) is 1.98. The molecular formula is C16H26N2O3S. The molecule has 6 heteroatoms. The van der Waals surface area contributed by atoms with Crippen LogP contribution in [0.15, 0.2) is 24.3 Å². The molecule has 0 saturated heterocycles. The average Bonchev–Trinajstić information content (AvgIpc) is 2.36. The van der Waals surface area contributed by atoms with Crippen LogP contribution in [0.4, 0.5) is 4.79 Å². The van der Waals surface area contributed by atoms with E-state index >= 15 is 0 Å². The summed E-state index contributed by atoms with van der Waals surface area (Å²) in [5, 5.41) is 5.55. The quantitative estimate of drug-likeness (QED) is 0.808. The number of amides is 2. The number of benzene rings is 1. The summed E-state index contributed by atoms with van der Waals surface area (Å²) in [6, 6.07) is 7.54. The molecule has 1 aromatic rings. The Labute approximate surface area is 133 Å². The molecule has 2 amide bonds. The van der Waals surface area contributed by atoms with Crippen molar-refractivity contribution in [3.05, 3.63) is 35.4 Å². The molecule has 1 rings (SSSR count). The third-order valence-electron chi connectivity index (χ3n) is 3.33. The molecule has 2 N–H and O–H groups in total. The summed E-state index contributed by atoms with van der Waals surface area (Å²) < 4.78 is 22.1. The summed E-state index contributed by atoms with van der Waals surface area (Å²) in [5.41, 5.74) is 2.22. The molecular weight excluding hydrogens is 300 g/mol. The van der Waals surface area contributed by atoms with Crippen molar-refractivity contribution < 1.29 is 13.2 Å². The van der Waals surface area contributed by atoms with Crippen molar-refractivity contribution in [2.24, 2.45) is 5.92 Å². The fourth-order valence-electron chi connectivity index (χ4n) is 2.27. The molecule has 1 atom stereocenters. The maximum Gasteiger partial charge on any atom is 0.315 e. The van der Waals surface area contributed by atoms with Crippen LogP contribution >= 0.6 is 0 Å². The third-order valence-corrected chi connectivity index (χ3v) is 4.28. The van der Waals surface area contributed by atoms with Crippen molar-refractivity contribution in [1.82, 2.24) is 10.6 Å². The number of carbonyl (C=O) groups is 1. The highest BCUT2D eigenvalue weighted by atomic mass is 32.2. The largest absolute Gasteiger partial charge is 0.337 e. The molecule has 1 unspecified atom stereocenters. The maximum atomic E-state index is 12.0. The van der Waals surface area contributed by atoms with Gasteiger partial charge >= 0.3 is 6.03 Å². The van der Waals surface area contributed by atoms with E-state index in [9.17, 15) is 13.2 Å². The van der Waals surface area contributed by atoms with E-state index in [0.29, 0.717) is 5.92 Å². The Hall–Kier alpha value is -1.56. The highest BCUT2D eigenvalue weighted by Crippen LogP contribution is 2.23. The lowest BCUT2D eigenvalue weighted by Crippen LogP contribution is -2.40. The van der Waals surface area contributed by atoms with Crippen molar-refractivity contribution >= 4 is 15.9 Å². The average molecular weight is 326 g/mol. The van der Waals surface area contributed by atoms with Crippen LogP contribution in [0.2, 0.25) is 0 Å².